The molecule has 0 atom stereocenters. The molecule has 0 unspecified atom stereocenters. The third-order valence-corrected chi connectivity index (χ3v) is 6.55. The van der Waals surface area contributed by atoms with E-state index in [1.54, 1.807) is 18.6 Å². The summed E-state index contributed by atoms with van der Waals surface area (Å²) in [4.78, 5) is 16.1. The minimum absolute atomic E-state index is 0.0554. The highest BCUT2D eigenvalue weighted by Crippen LogP contribution is 2.38. The molecule has 5 heteroatoms. The van der Waals surface area contributed by atoms with Crippen LogP contribution in [0.5, 0.6) is 11.5 Å². The fraction of sp³-hybridized carbons (Fsp3) is 0.167. The van der Waals surface area contributed by atoms with Gasteiger partial charge in [0, 0.05) is 31.4 Å². The van der Waals surface area contributed by atoms with Gasteiger partial charge in [0.2, 0.25) is 0 Å². The summed E-state index contributed by atoms with van der Waals surface area (Å²) in [6.45, 7) is 2.01. The van der Waals surface area contributed by atoms with Crippen LogP contribution >= 0.6 is 0 Å². The van der Waals surface area contributed by atoms with Gasteiger partial charge in [-0.1, -0.05) is 42.5 Å². The van der Waals surface area contributed by atoms with Crippen LogP contribution in [0, 0.1) is 6.92 Å². The van der Waals surface area contributed by atoms with Crippen LogP contribution in [0.4, 0.5) is 5.69 Å². The number of hydrogen-bond acceptors (Lipinski definition) is 4. The third kappa shape index (κ3) is 3.79. The summed E-state index contributed by atoms with van der Waals surface area (Å²) in [7, 11) is 7.29. The van der Waals surface area contributed by atoms with E-state index in [9.17, 15) is 4.79 Å². The van der Waals surface area contributed by atoms with E-state index < -0.39 is 0 Å². The van der Waals surface area contributed by atoms with E-state index in [1.807, 2.05) is 69.7 Å². The molecule has 2 aromatic heterocycles. The van der Waals surface area contributed by atoms with E-state index in [4.69, 9.17) is 9.47 Å². The number of aryl methyl sites for hydroxylation is 1. The molecule has 0 saturated heterocycles. The molecule has 0 aliphatic heterocycles. The predicted molar refractivity (Wildman–Crippen MR) is 144 cm³/mol. The van der Waals surface area contributed by atoms with Gasteiger partial charge in [0.25, 0.3) is 5.56 Å². The van der Waals surface area contributed by atoms with Crippen molar-refractivity contribution in [3.05, 3.63) is 94.9 Å². The topological polar surface area (TPSA) is 43.2 Å². The predicted octanol–water partition coefficient (Wildman–Crippen LogP) is 6.18. The van der Waals surface area contributed by atoms with Gasteiger partial charge in [-0.15, -0.1) is 0 Å². The van der Waals surface area contributed by atoms with E-state index in [-0.39, 0.29) is 5.56 Å². The highest BCUT2D eigenvalue weighted by Gasteiger charge is 2.18. The van der Waals surface area contributed by atoms with Crippen molar-refractivity contribution in [3.63, 3.8) is 0 Å². The van der Waals surface area contributed by atoms with Crippen molar-refractivity contribution in [1.82, 2.24) is 4.40 Å². The van der Waals surface area contributed by atoms with Crippen LogP contribution in [0.3, 0.4) is 0 Å². The Balaban J connectivity index is 1.91. The zero-order chi connectivity index (χ0) is 24.7. The van der Waals surface area contributed by atoms with Gasteiger partial charge in [0.15, 0.2) is 11.5 Å². The second-order valence-corrected chi connectivity index (χ2v) is 8.87. The van der Waals surface area contributed by atoms with Crippen molar-refractivity contribution in [3.8, 4) is 33.8 Å². The lowest BCUT2D eigenvalue weighted by Crippen LogP contribution is -2.17. The molecule has 0 radical (unpaired) electrons. The fourth-order valence-corrected chi connectivity index (χ4v) is 4.69. The number of nitrogens with zero attached hydrogens (tertiary/aromatic N) is 2. The first kappa shape index (κ1) is 22.5. The largest absolute Gasteiger partial charge is 0.493 e. The average Bonchev–Trinajstić information content (AvgIpc) is 2.89. The molecule has 2 heterocycles. The van der Waals surface area contributed by atoms with Gasteiger partial charge in [0.1, 0.15) is 0 Å². The lowest BCUT2D eigenvalue weighted by molar-refractivity contribution is 0.356. The summed E-state index contributed by atoms with van der Waals surface area (Å²) in [5, 5.41) is 1.95. The average molecular weight is 465 g/mol. The first-order valence-electron chi connectivity index (χ1n) is 11.5. The maximum atomic E-state index is 14.1. The molecular formula is C30H28N2O3. The molecule has 0 fully saturated rings. The van der Waals surface area contributed by atoms with E-state index in [1.165, 1.54) is 0 Å². The lowest BCUT2D eigenvalue weighted by atomic mass is 9.94. The molecule has 0 amide bonds. The molecule has 5 aromatic rings. The number of benzene rings is 3. The summed E-state index contributed by atoms with van der Waals surface area (Å²) in [6, 6.07) is 24.2. The summed E-state index contributed by atoms with van der Waals surface area (Å²) in [5.74, 6) is 1.29. The van der Waals surface area contributed by atoms with E-state index in [2.05, 4.69) is 35.2 Å². The number of fused-ring (bicyclic) bond motifs is 3. The van der Waals surface area contributed by atoms with Gasteiger partial charge >= 0.3 is 0 Å². The molecule has 5 nitrogen and oxygen atoms in total. The summed E-state index contributed by atoms with van der Waals surface area (Å²) >= 11 is 0. The quantitative estimate of drug-likeness (QED) is 0.291. The van der Waals surface area contributed by atoms with Crippen molar-refractivity contribution in [2.75, 3.05) is 33.2 Å². The monoisotopic (exact) mass is 464 g/mol. The third-order valence-electron chi connectivity index (χ3n) is 6.55. The standard InChI is InChI=1S/C30H28N2O3/c1-19-18-32-26(25-17-28(35-5)27(34-4)16-23(19)25)15-24(20-11-13-22(14-12-20)31(2)3)29(30(32)33)21-9-7-6-8-10-21/h6-18H,1-5H3. The normalized spacial score (nSPS) is 11.1. The van der Waals surface area contributed by atoms with Crippen LogP contribution in [-0.2, 0) is 0 Å². The number of aromatic nitrogens is 1. The smallest absolute Gasteiger partial charge is 0.263 e. The van der Waals surface area contributed by atoms with Crippen molar-refractivity contribution < 1.29 is 9.47 Å². The molecule has 0 bridgehead atoms. The summed E-state index contributed by atoms with van der Waals surface area (Å²) in [5.41, 5.74) is 6.31. The zero-order valence-electron chi connectivity index (χ0n) is 20.6. The highest BCUT2D eigenvalue weighted by atomic mass is 16.5. The van der Waals surface area contributed by atoms with E-state index in [0.717, 1.165) is 44.2 Å². The molecular weight excluding hydrogens is 436 g/mol. The second kappa shape index (κ2) is 8.84. The summed E-state index contributed by atoms with van der Waals surface area (Å²) < 4.78 is 12.9. The number of methoxy groups -OCH3 is 2. The van der Waals surface area contributed by atoms with Gasteiger partial charge in [-0.05, 0) is 64.9 Å². The lowest BCUT2D eigenvalue weighted by Gasteiger charge is -2.18. The Kier molecular flexibility index (Phi) is 5.69. The van der Waals surface area contributed by atoms with Gasteiger partial charge < -0.3 is 14.4 Å². The molecule has 3 aromatic carbocycles. The molecule has 0 aliphatic rings. The van der Waals surface area contributed by atoms with E-state index >= 15 is 0 Å². The molecule has 176 valence electrons. The Morgan fingerprint density at radius 1 is 0.771 bits per heavy atom. The van der Waals surface area contributed by atoms with Crippen LogP contribution in [0.15, 0.2) is 83.8 Å². The Hall–Kier alpha value is -4.25. The maximum absolute atomic E-state index is 14.1. The van der Waals surface area contributed by atoms with Crippen LogP contribution in [0.1, 0.15) is 5.56 Å². The summed E-state index contributed by atoms with van der Waals surface area (Å²) in [6.07, 6.45) is 1.91. The molecule has 0 saturated carbocycles. The molecule has 0 spiro atoms. The minimum atomic E-state index is -0.0554. The number of ether oxygens (including phenoxy) is 2. The van der Waals surface area contributed by atoms with Crippen LogP contribution < -0.4 is 19.9 Å². The van der Waals surface area contributed by atoms with Gasteiger partial charge in [-0.2, -0.15) is 0 Å². The van der Waals surface area contributed by atoms with Crippen molar-refractivity contribution in [1.29, 1.82) is 0 Å². The highest BCUT2D eigenvalue weighted by molar-refractivity contribution is 6.02. The van der Waals surface area contributed by atoms with Crippen molar-refractivity contribution in [2.45, 2.75) is 6.92 Å². The Labute approximate surface area is 204 Å². The van der Waals surface area contributed by atoms with Crippen LogP contribution in [0.25, 0.3) is 38.5 Å². The maximum Gasteiger partial charge on any atom is 0.263 e. The first-order valence-corrected chi connectivity index (χ1v) is 11.5. The van der Waals surface area contributed by atoms with Gasteiger partial charge in [0.05, 0.1) is 25.3 Å². The molecule has 5 rings (SSSR count). The minimum Gasteiger partial charge on any atom is -0.493 e. The first-order chi connectivity index (χ1) is 16.9. The molecule has 35 heavy (non-hydrogen) atoms. The Morgan fingerprint density at radius 3 is 2.00 bits per heavy atom. The van der Waals surface area contributed by atoms with Crippen molar-refractivity contribution >= 4 is 22.0 Å². The number of hydrogen-bond donors (Lipinski definition) is 0. The molecule has 0 N–H and O–H groups in total. The van der Waals surface area contributed by atoms with Gasteiger partial charge in [-0.3, -0.25) is 9.20 Å². The number of rotatable bonds is 5. The number of pyridine rings is 2. The fourth-order valence-electron chi connectivity index (χ4n) is 4.69. The Bertz CT molecular complexity index is 1600. The van der Waals surface area contributed by atoms with Gasteiger partial charge in [-0.25, -0.2) is 0 Å². The zero-order valence-corrected chi connectivity index (χ0v) is 20.6. The van der Waals surface area contributed by atoms with E-state index in [0.29, 0.717) is 17.1 Å². The SMILES string of the molecule is COc1cc2c(C)cn3c(=O)c(-c4ccccc4)c(-c4ccc(N(C)C)cc4)cc3c2cc1OC. The number of anilines is 1. The molecule has 0 aliphatic carbocycles. The van der Waals surface area contributed by atoms with Crippen LogP contribution in [-0.4, -0.2) is 32.7 Å². The van der Waals surface area contributed by atoms with Crippen LogP contribution in [0.2, 0.25) is 0 Å². The van der Waals surface area contributed by atoms with Crippen molar-refractivity contribution in [2.24, 2.45) is 0 Å². The second-order valence-electron chi connectivity index (χ2n) is 8.87. The Morgan fingerprint density at radius 2 is 1.40 bits per heavy atom.